The van der Waals surface area contributed by atoms with Gasteiger partial charge < -0.3 is 15.6 Å². The van der Waals surface area contributed by atoms with Crippen molar-refractivity contribution in [3.63, 3.8) is 0 Å². The molecule has 90 valence electrons. The highest BCUT2D eigenvalue weighted by molar-refractivity contribution is 5.93. The number of carbonyl (C=O) groups is 1. The van der Waals surface area contributed by atoms with Crippen LogP contribution in [0.15, 0.2) is 0 Å². The van der Waals surface area contributed by atoms with Crippen LogP contribution in [0, 0.1) is 0 Å². The molecule has 1 aromatic heterocycles. The van der Waals surface area contributed by atoms with Crippen LogP contribution in [0.4, 0.5) is 5.69 Å². The van der Waals surface area contributed by atoms with Crippen molar-refractivity contribution in [2.75, 3.05) is 18.9 Å². The Labute approximate surface area is 94.0 Å². The molecule has 0 aliphatic carbocycles. The van der Waals surface area contributed by atoms with Crippen molar-refractivity contribution in [2.45, 2.75) is 19.8 Å². The lowest BCUT2D eigenvalue weighted by atomic mass is 10.2. The number of carbonyl (C=O) groups excluding carboxylic acids is 1. The van der Waals surface area contributed by atoms with Crippen molar-refractivity contribution in [3.8, 4) is 0 Å². The predicted octanol–water partition coefficient (Wildman–Crippen LogP) is 0.104. The molecule has 0 aromatic carbocycles. The first-order valence-electron chi connectivity index (χ1n) is 5.21. The second-order valence-electron chi connectivity index (χ2n) is 3.40. The summed E-state index contributed by atoms with van der Waals surface area (Å²) in [4.78, 5) is 11.6. The molecule has 0 saturated carbocycles. The molecule has 1 aromatic rings. The predicted molar refractivity (Wildman–Crippen MR) is 59.0 cm³/mol. The Morgan fingerprint density at radius 1 is 1.62 bits per heavy atom. The molecule has 0 radical (unpaired) electrons. The number of rotatable bonds is 5. The van der Waals surface area contributed by atoms with Crippen molar-refractivity contribution >= 4 is 11.7 Å². The summed E-state index contributed by atoms with van der Waals surface area (Å²) >= 11 is 0. The van der Waals surface area contributed by atoms with Gasteiger partial charge in [0.15, 0.2) is 5.69 Å². The fraction of sp³-hybridized carbons (Fsp3) is 0.600. The van der Waals surface area contributed by atoms with Crippen LogP contribution in [-0.4, -0.2) is 34.1 Å². The van der Waals surface area contributed by atoms with E-state index in [1.165, 1.54) is 4.68 Å². The van der Waals surface area contributed by atoms with Crippen molar-refractivity contribution in [3.05, 3.63) is 11.4 Å². The average Bonchev–Trinajstić information content (AvgIpc) is 2.54. The zero-order valence-electron chi connectivity index (χ0n) is 9.56. The third-order valence-corrected chi connectivity index (χ3v) is 2.22. The van der Waals surface area contributed by atoms with E-state index in [2.05, 4.69) is 5.10 Å². The van der Waals surface area contributed by atoms with Gasteiger partial charge in [0.25, 0.3) is 0 Å². The Morgan fingerprint density at radius 2 is 2.31 bits per heavy atom. The lowest BCUT2D eigenvalue weighted by Gasteiger charge is -2.04. The Hall–Kier alpha value is -1.56. The maximum absolute atomic E-state index is 11.6. The van der Waals surface area contributed by atoms with Gasteiger partial charge in [0, 0.05) is 20.1 Å². The fourth-order valence-electron chi connectivity index (χ4n) is 1.40. The van der Waals surface area contributed by atoms with Crippen LogP contribution in [0.5, 0.6) is 0 Å². The molecule has 0 aliphatic heterocycles. The molecule has 0 amide bonds. The number of hydrogen-bond donors (Lipinski definition) is 2. The van der Waals surface area contributed by atoms with E-state index in [4.69, 9.17) is 15.6 Å². The van der Waals surface area contributed by atoms with Crippen LogP contribution in [-0.2, 0) is 18.2 Å². The van der Waals surface area contributed by atoms with E-state index in [-0.39, 0.29) is 18.9 Å². The monoisotopic (exact) mass is 227 g/mol. The first-order valence-corrected chi connectivity index (χ1v) is 5.21. The Morgan fingerprint density at radius 3 is 2.81 bits per heavy atom. The first kappa shape index (κ1) is 12.5. The van der Waals surface area contributed by atoms with Gasteiger partial charge in [-0.2, -0.15) is 5.10 Å². The average molecular weight is 227 g/mol. The number of aromatic nitrogens is 2. The highest BCUT2D eigenvalue weighted by atomic mass is 16.5. The summed E-state index contributed by atoms with van der Waals surface area (Å²) < 4.78 is 6.37. The van der Waals surface area contributed by atoms with Gasteiger partial charge in [-0.15, -0.1) is 0 Å². The van der Waals surface area contributed by atoms with Gasteiger partial charge in [-0.05, 0) is 6.42 Å². The smallest absolute Gasteiger partial charge is 0.358 e. The second-order valence-corrected chi connectivity index (χ2v) is 3.40. The van der Waals surface area contributed by atoms with E-state index in [9.17, 15) is 4.79 Å². The van der Waals surface area contributed by atoms with Crippen LogP contribution in [0.2, 0.25) is 0 Å². The number of hydrogen-bond acceptors (Lipinski definition) is 5. The van der Waals surface area contributed by atoms with Crippen LogP contribution in [0.3, 0.4) is 0 Å². The molecule has 3 N–H and O–H groups in total. The Balaban J connectivity index is 2.78. The van der Waals surface area contributed by atoms with Gasteiger partial charge >= 0.3 is 5.97 Å². The molecule has 0 spiro atoms. The number of esters is 1. The minimum atomic E-state index is -0.499. The molecule has 0 fully saturated rings. The molecule has 0 saturated heterocycles. The number of nitrogens with zero attached hydrogens (tertiary/aromatic N) is 2. The summed E-state index contributed by atoms with van der Waals surface area (Å²) in [5.74, 6) is -0.499. The molecule has 0 atom stereocenters. The van der Waals surface area contributed by atoms with Gasteiger partial charge in [-0.1, -0.05) is 6.92 Å². The van der Waals surface area contributed by atoms with Crippen LogP contribution in [0.25, 0.3) is 0 Å². The van der Waals surface area contributed by atoms with E-state index in [1.54, 1.807) is 7.05 Å². The number of aryl methyl sites for hydroxylation is 2. The minimum Gasteiger partial charge on any atom is -0.461 e. The third-order valence-electron chi connectivity index (χ3n) is 2.22. The molecule has 0 bridgehead atoms. The standard InChI is InChI=1S/C10H17N3O3/c1-3-7-8(11)9(13(2)12-7)10(15)16-6-4-5-14/h14H,3-6,11H2,1-2H3. The molecule has 1 rings (SSSR count). The van der Waals surface area contributed by atoms with Gasteiger partial charge in [0.05, 0.1) is 18.0 Å². The van der Waals surface area contributed by atoms with Gasteiger partial charge in [-0.25, -0.2) is 4.79 Å². The van der Waals surface area contributed by atoms with Crippen molar-refractivity contribution in [1.82, 2.24) is 9.78 Å². The van der Waals surface area contributed by atoms with E-state index in [0.29, 0.717) is 24.2 Å². The van der Waals surface area contributed by atoms with Gasteiger partial charge in [-0.3, -0.25) is 4.68 Å². The van der Waals surface area contributed by atoms with Gasteiger partial charge in [0.2, 0.25) is 0 Å². The molecule has 1 heterocycles. The second kappa shape index (κ2) is 5.50. The summed E-state index contributed by atoms with van der Waals surface area (Å²) in [5, 5.41) is 12.7. The van der Waals surface area contributed by atoms with E-state index < -0.39 is 5.97 Å². The molecule has 6 heteroatoms. The Bertz CT molecular complexity index is 374. The van der Waals surface area contributed by atoms with Crippen LogP contribution in [0.1, 0.15) is 29.5 Å². The normalized spacial score (nSPS) is 10.4. The van der Waals surface area contributed by atoms with Crippen molar-refractivity contribution in [2.24, 2.45) is 7.05 Å². The summed E-state index contributed by atoms with van der Waals surface area (Å²) in [7, 11) is 1.65. The number of aliphatic hydroxyl groups is 1. The van der Waals surface area contributed by atoms with Crippen LogP contribution >= 0.6 is 0 Å². The van der Waals surface area contributed by atoms with Gasteiger partial charge in [0.1, 0.15) is 0 Å². The molecular weight excluding hydrogens is 210 g/mol. The summed E-state index contributed by atoms with van der Waals surface area (Å²) in [5.41, 5.74) is 7.12. The largest absolute Gasteiger partial charge is 0.461 e. The number of nitrogen functional groups attached to an aromatic ring is 1. The maximum Gasteiger partial charge on any atom is 0.358 e. The lowest BCUT2D eigenvalue weighted by Crippen LogP contribution is -2.13. The third kappa shape index (κ3) is 2.52. The molecule has 6 nitrogen and oxygen atoms in total. The maximum atomic E-state index is 11.6. The topological polar surface area (TPSA) is 90.4 Å². The summed E-state index contributed by atoms with van der Waals surface area (Å²) in [6.07, 6.45) is 1.09. The summed E-state index contributed by atoms with van der Waals surface area (Å²) in [6.45, 7) is 2.09. The van der Waals surface area contributed by atoms with E-state index in [1.807, 2.05) is 6.92 Å². The number of nitrogens with two attached hydrogens (primary N) is 1. The van der Waals surface area contributed by atoms with E-state index in [0.717, 1.165) is 0 Å². The zero-order valence-corrected chi connectivity index (χ0v) is 9.56. The molecule has 16 heavy (non-hydrogen) atoms. The lowest BCUT2D eigenvalue weighted by molar-refractivity contribution is 0.0471. The number of anilines is 1. The number of aliphatic hydroxyl groups excluding tert-OH is 1. The molecular formula is C10H17N3O3. The summed E-state index contributed by atoms with van der Waals surface area (Å²) in [6, 6.07) is 0. The zero-order chi connectivity index (χ0) is 12.1. The SMILES string of the molecule is CCc1nn(C)c(C(=O)OCCCO)c1N. The van der Waals surface area contributed by atoms with Crippen LogP contribution < -0.4 is 5.73 Å². The highest BCUT2D eigenvalue weighted by Crippen LogP contribution is 2.17. The van der Waals surface area contributed by atoms with E-state index >= 15 is 0 Å². The minimum absolute atomic E-state index is 0.00560. The van der Waals surface area contributed by atoms with Crippen molar-refractivity contribution < 1.29 is 14.6 Å². The molecule has 0 aliphatic rings. The highest BCUT2D eigenvalue weighted by Gasteiger charge is 2.20. The van der Waals surface area contributed by atoms with Crippen molar-refractivity contribution in [1.29, 1.82) is 0 Å². The first-order chi connectivity index (χ1) is 7.61. The quantitative estimate of drug-likeness (QED) is 0.550. The fourth-order valence-corrected chi connectivity index (χ4v) is 1.40. The molecule has 0 unspecified atom stereocenters. The number of ether oxygens (including phenoxy) is 1. The Kier molecular flexibility index (Phi) is 4.30.